The molecule has 0 N–H and O–H groups in total. The van der Waals surface area contributed by atoms with E-state index in [1.807, 2.05) is 18.3 Å². The fourth-order valence-corrected chi connectivity index (χ4v) is 12.7. The number of para-hydroxylation sites is 3. The molecule has 0 radical (unpaired) electrons. The van der Waals surface area contributed by atoms with Crippen molar-refractivity contribution < 1.29 is 25.8 Å². The van der Waals surface area contributed by atoms with Crippen molar-refractivity contribution in [2.24, 2.45) is 0 Å². The van der Waals surface area contributed by atoms with Gasteiger partial charge in [-0.15, -0.1) is 48.1 Å². The fourth-order valence-electron chi connectivity index (χ4n) is 12.7. The molecule has 5 nitrogen and oxygen atoms in total. The molecule has 2 aliphatic carbocycles. The van der Waals surface area contributed by atoms with Gasteiger partial charge in [0, 0.05) is 72.2 Å². The molecule has 8 aromatic carbocycles. The number of anilines is 4. The van der Waals surface area contributed by atoms with Gasteiger partial charge in [-0.1, -0.05) is 173 Å². The van der Waals surface area contributed by atoms with Crippen molar-refractivity contribution in [1.82, 2.24) is 9.55 Å². The Morgan fingerprint density at radius 2 is 1.09 bits per heavy atom. The summed E-state index contributed by atoms with van der Waals surface area (Å²) < 4.78 is 9.02. The van der Waals surface area contributed by atoms with E-state index in [0.29, 0.717) is 11.5 Å². The smallest absolute Gasteiger partial charge is 0.135 e. The number of aromatic nitrogens is 2. The van der Waals surface area contributed by atoms with E-state index >= 15 is 0 Å². The fraction of sp³-hybridized carbons (Fsp3) is 0.206. The summed E-state index contributed by atoms with van der Waals surface area (Å²) in [7, 11) is 0. The zero-order valence-corrected chi connectivity index (χ0v) is 44.6. The Balaban J connectivity index is 0.00000556. The Kier molecular flexibility index (Phi) is 12.4. The molecule has 6 heteroatoms. The minimum absolute atomic E-state index is 0. The summed E-state index contributed by atoms with van der Waals surface area (Å²) in [4.78, 5) is 9.77. The maximum absolute atomic E-state index is 6.80. The standard InChI is InChI=1S/C68H59N4O.Pt/c1-66(2,3)52-36-41-69-64(44-52)72-60-31-14-13-30-56(60)57-35-34-55(46-63(57)72)73-54-29-21-28-53(45-54)70-47-71(62-33-16-15-32-61(62)70)65-58(67(37-17-18-38-67)50-24-9-5-10-25-50)42-49(48-22-7-4-8-23-48)43-59(65)68(39-19-20-40-68)51-26-11-6-12-27-51;/h4-16,21-36,41-44,47H,17-20,37-40H2,1-3H3;/q-3;. The maximum Gasteiger partial charge on any atom is 0.135 e. The summed E-state index contributed by atoms with van der Waals surface area (Å²) in [5.74, 6) is 2.09. The first kappa shape index (κ1) is 47.8. The molecule has 0 atom stereocenters. The minimum Gasteiger partial charge on any atom is -0.509 e. The third kappa shape index (κ3) is 8.16. The van der Waals surface area contributed by atoms with Crippen molar-refractivity contribution in [2.75, 3.05) is 9.80 Å². The molecule has 2 saturated carbocycles. The normalized spacial score (nSPS) is 15.9. The van der Waals surface area contributed by atoms with Crippen LogP contribution >= 0.6 is 0 Å². The first-order valence-electron chi connectivity index (χ1n) is 26.3. The van der Waals surface area contributed by atoms with E-state index in [1.165, 1.54) is 70.3 Å². The second-order valence-electron chi connectivity index (χ2n) is 21.5. The van der Waals surface area contributed by atoms with Crippen molar-refractivity contribution in [1.29, 1.82) is 0 Å². The van der Waals surface area contributed by atoms with Gasteiger partial charge >= 0.3 is 0 Å². The maximum atomic E-state index is 6.80. The summed E-state index contributed by atoms with van der Waals surface area (Å²) >= 11 is 0. The number of hydrogen-bond acceptors (Lipinski definition) is 4. The molecule has 13 rings (SSSR count). The first-order chi connectivity index (χ1) is 35.8. The van der Waals surface area contributed by atoms with Gasteiger partial charge in [0.2, 0.25) is 0 Å². The number of pyridine rings is 1. The quantitative estimate of drug-likeness (QED) is 0.128. The van der Waals surface area contributed by atoms with E-state index in [1.54, 1.807) is 0 Å². The van der Waals surface area contributed by atoms with Crippen LogP contribution in [0, 0.1) is 18.8 Å². The second kappa shape index (κ2) is 19.3. The van der Waals surface area contributed by atoms with Crippen molar-refractivity contribution in [3.8, 4) is 28.4 Å². The molecule has 0 spiro atoms. The van der Waals surface area contributed by atoms with Gasteiger partial charge in [0.25, 0.3) is 0 Å². The number of fused-ring (bicyclic) bond motifs is 4. The predicted molar refractivity (Wildman–Crippen MR) is 300 cm³/mol. The third-order valence-corrected chi connectivity index (χ3v) is 16.3. The van der Waals surface area contributed by atoms with Crippen molar-refractivity contribution in [3.05, 3.63) is 247 Å². The van der Waals surface area contributed by atoms with Crippen LogP contribution in [-0.4, -0.2) is 9.55 Å². The number of benzene rings is 8. The van der Waals surface area contributed by atoms with Gasteiger partial charge in [0.1, 0.15) is 5.82 Å². The zero-order valence-electron chi connectivity index (χ0n) is 42.3. The van der Waals surface area contributed by atoms with E-state index in [9.17, 15) is 0 Å². The molecule has 370 valence electrons. The van der Waals surface area contributed by atoms with Crippen LogP contribution in [0.5, 0.6) is 11.5 Å². The van der Waals surface area contributed by atoms with Crippen LogP contribution in [0.3, 0.4) is 0 Å². The third-order valence-electron chi connectivity index (χ3n) is 16.3. The van der Waals surface area contributed by atoms with Crippen LogP contribution in [0.25, 0.3) is 38.8 Å². The van der Waals surface area contributed by atoms with Gasteiger partial charge in [0.15, 0.2) is 0 Å². The molecule has 74 heavy (non-hydrogen) atoms. The Morgan fingerprint density at radius 3 is 1.73 bits per heavy atom. The monoisotopic (exact) mass is 1140 g/mol. The molecule has 0 amide bonds. The first-order valence-corrected chi connectivity index (χ1v) is 26.3. The number of nitrogens with zero attached hydrogens (tertiary/aromatic N) is 4. The molecular formula is C68H59N4OPt-3. The molecule has 1 aliphatic heterocycles. The molecule has 10 aromatic rings. The van der Waals surface area contributed by atoms with E-state index < -0.39 is 0 Å². The van der Waals surface area contributed by atoms with Gasteiger partial charge in [0.05, 0.1) is 0 Å². The van der Waals surface area contributed by atoms with Crippen LogP contribution in [0.1, 0.15) is 100.0 Å². The van der Waals surface area contributed by atoms with Crippen LogP contribution < -0.4 is 14.5 Å². The Bertz CT molecular complexity index is 3560. The van der Waals surface area contributed by atoms with E-state index in [4.69, 9.17) is 9.72 Å². The molecular weight excluding hydrogens is 1080 g/mol. The zero-order chi connectivity index (χ0) is 49.2. The largest absolute Gasteiger partial charge is 0.509 e. The summed E-state index contributed by atoms with van der Waals surface area (Å²) in [6.07, 6.45) is 11.0. The molecule has 0 saturated heterocycles. The van der Waals surface area contributed by atoms with Crippen LogP contribution in [-0.2, 0) is 37.3 Å². The van der Waals surface area contributed by atoms with Gasteiger partial charge in [-0.25, -0.2) is 4.98 Å². The summed E-state index contributed by atoms with van der Waals surface area (Å²) in [6, 6.07) is 78.6. The van der Waals surface area contributed by atoms with Gasteiger partial charge < -0.3 is 19.1 Å². The average Bonchev–Trinajstić information content (AvgIpc) is 4.28. The van der Waals surface area contributed by atoms with Crippen molar-refractivity contribution >= 4 is 44.6 Å². The van der Waals surface area contributed by atoms with Gasteiger partial charge in [-0.3, -0.25) is 0 Å². The van der Waals surface area contributed by atoms with Crippen LogP contribution in [0.15, 0.2) is 200 Å². The number of ether oxygens (including phenoxy) is 1. The topological polar surface area (TPSA) is 33.5 Å². The van der Waals surface area contributed by atoms with E-state index in [-0.39, 0.29) is 37.3 Å². The Morgan fingerprint density at radius 1 is 0.527 bits per heavy atom. The van der Waals surface area contributed by atoms with Crippen LogP contribution in [0.4, 0.5) is 22.7 Å². The summed E-state index contributed by atoms with van der Waals surface area (Å²) in [6.45, 7) is 9.05. The minimum atomic E-state index is -0.183. The van der Waals surface area contributed by atoms with Gasteiger partial charge in [-0.05, 0) is 118 Å². The van der Waals surface area contributed by atoms with E-state index in [0.717, 1.165) is 70.4 Å². The molecule has 3 aliphatic rings. The summed E-state index contributed by atoms with van der Waals surface area (Å²) in [5.41, 5.74) is 15.4. The van der Waals surface area contributed by atoms with Gasteiger partial charge in [-0.2, -0.15) is 12.1 Å². The average molecular weight is 1140 g/mol. The van der Waals surface area contributed by atoms with Crippen LogP contribution in [0.2, 0.25) is 0 Å². The molecule has 2 fully saturated rings. The predicted octanol–water partition coefficient (Wildman–Crippen LogP) is 17.7. The molecule has 0 bridgehead atoms. The Hall–Kier alpha value is -7.20. The molecule has 2 aromatic heterocycles. The second-order valence-corrected chi connectivity index (χ2v) is 21.5. The number of rotatable bonds is 10. The number of hydrogen-bond donors (Lipinski definition) is 0. The Labute approximate surface area is 450 Å². The molecule has 0 unspecified atom stereocenters. The summed E-state index contributed by atoms with van der Waals surface area (Å²) in [5, 5.41) is 2.25. The molecule has 3 heterocycles. The van der Waals surface area contributed by atoms with Crippen molar-refractivity contribution in [2.45, 2.75) is 88.4 Å². The SMILES string of the molecule is CC(C)(C)c1ccnc(-n2c3[c-]c(Oc4[c-]c(N5[CH-]N(c6c(C7(c8ccccc8)CCCC7)cc(-c7ccccc7)cc6C6(c7ccccc7)CCCC6)c6ccccc65)ccc4)ccc3c3ccccc32)c1.[Pt]. The van der Waals surface area contributed by atoms with Crippen molar-refractivity contribution in [3.63, 3.8) is 0 Å². The van der Waals surface area contributed by atoms with E-state index in [2.05, 4.69) is 236 Å².